The van der Waals surface area contributed by atoms with Gasteiger partial charge in [-0.3, -0.25) is 4.99 Å². The first kappa shape index (κ1) is 22.1. The molecular formula is C22H31ClN4OS. The van der Waals surface area contributed by atoms with Gasteiger partial charge in [-0.1, -0.05) is 41.9 Å². The van der Waals surface area contributed by atoms with Crippen LogP contribution < -0.4 is 10.6 Å². The van der Waals surface area contributed by atoms with Gasteiger partial charge in [-0.25, -0.2) is 0 Å². The Labute approximate surface area is 182 Å². The van der Waals surface area contributed by atoms with E-state index in [-0.39, 0.29) is 0 Å². The topological polar surface area (TPSA) is 59.9 Å². The van der Waals surface area contributed by atoms with Crippen LogP contribution in [0.3, 0.4) is 0 Å². The van der Waals surface area contributed by atoms with E-state index >= 15 is 0 Å². The molecule has 29 heavy (non-hydrogen) atoms. The van der Waals surface area contributed by atoms with E-state index in [1.807, 2.05) is 19.1 Å². The molecule has 5 nitrogen and oxygen atoms in total. The minimum Gasteiger partial charge on any atom is -0.386 e. The zero-order valence-electron chi connectivity index (χ0n) is 17.0. The number of hydrogen-bond donors (Lipinski definition) is 3. The van der Waals surface area contributed by atoms with Crippen LogP contribution in [0, 0.1) is 5.92 Å². The molecule has 0 bridgehead atoms. The van der Waals surface area contributed by atoms with Crippen LogP contribution in [0.25, 0.3) is 0 Å². The van der Waals surface area contributed by atoms with Gasteiger partial charge in [0.15, 0.2) is 5.96 Å². The maximum atomic E-state index is 10.3. The van der Waals surface area contributed by atoms with Gasteiger partial charge in [-0.05, 0) is 49.9 Å². The van der Waals surface area contributed by atoms with Gasteiger partial charge in [0.05, 0.1) is 10.9 Å². The van der Waals surface area contributed by atoms with Crippen molar-refractivity contribution in [2.45, 2.75) is 25.9 Å². The molecule has 0 saturated carbocycles. The number of guanidine groups is 1. The molecule has 1 saturated heterocycles. The van der Waals surface area contributed by atoms with Crippen molar-refractivity contribution < 1.29 is 5.11 Å². The molecule has 3 rings (SSSR count). The maximum absolute atomic E-state index is 10.3. The van der Waals surface area contributed by atoms with Crippen LogP contribution >= 0.6 is 22.9 Å². The molecule has 0 aliphatic carbocycles. The Bertz CT molecular complexity index is 767. The number of aliphatic hydroxyl groups is 1. The Balaban J connectivity index is 1.41. The SMILES string of the molecule is CCNC(=NCC(O)c1ccc(Cl)s1)NCC1CCN(CCc2ccccc2)C1. The summed E-state index contributed by atoms with van der Waals surface area (Å²) in [4.78, 5) is 7.95. The molecule has 0 spiro atoms. The highest BCUT2D eigenvalue weighted by molar-refractivity contribution is 7.16. The molecule has 3 N–H and O–H groups in total. The van der Waals surface area contributed by atoms with Crippen LogP contribution in [0.4, 0.5) is 0 Å². The summed E-state index contributed by atoms with van der Waals surface area (Å²) in [6.07, 6.45) is 1.69. The second kappa shape index (κ2) is 11.6. The molecule has 0 radical (unpaired) electrons. The summed E-state index contributed by atoms with van der Waals surface area (Å²) >= 11 is 7.35. The predicted octanol–water partition coefficient (Wildman–Crippen LogP) is 3.55. The summed E-state index contributed by atoms with van der Waals surface area (Å²) in [7, 11) is 0. The van der Waals surface area contributed by atoms with Crippen LogP contribution in [-0.2, 0) is 6.42 Å². The lowest BCUT2D eigenvalue weighted by Crippen LogP contribution is -2.40. The fraction of sp³-hybridized carbons (Fsp3) is 0.500. The summed E-state index contributed by atoms with van der Waals surface area (Å²) in [6.45, 7) is 7.45. The van der Waals surface area contributed by atoms with Gasteiger partial charge in [0.25, 0.3) is 0 Å². The van der Waals surface area contributed by atoms with Gasteiger partial charge in [-0.2, -0.15) is 0 Å². The number of rotatable bonds is 9. The first-order chi connectivity index (χ1) is 14.1. The van der Waals surface area contributed by atoms with Gasteiger partial charge < -0.3 is 20.6 Å². The molecule has 2 unspecified atom stereocenters. The van der Waals surface area contributed by atoms with E-state index in [1.165, 1.54) is 23.3 Å². The summed E-state index contributed by atoms with van der Waals surface area (Å²) in [5, 5.41) is 17.0. The van der Waals surface area contributed by atoms with Gasteiger partial charge in [0.1, 0.15) is 6.10 Å². The molecule has 2 aromatic rings. The third-order valence-corrected chi connectivity index (χ3v) is 6.51. The number of likely N-dealkylation sites (tertiary alicyclic amines) is 1. The van der Waals surface area contributed by atoms with Crippen molar-refractivity contribution in [3.8, 4) is 0 Å². The summed E-state index contributed by atoms with van der Waals surface area (Å²) in [5.41, 5.74) is 1.40. The van der Waals surface area contributed by atoms with Crippen molar-refractivity contribution in [1.29, 1.82) is 0 Å². The first-order valence-corrected chi connectivity index (χ1v) is 11.5. The van der Waals surface area contributed by atoms with Crippen LogP contribution in [0.5, 0.6) is 0 Å². The summed E-state index contributed by atoms with van der Waals surface area (Å²) in [5.74, 6) is 1.38. The molecule has 2 atom stereocenters. The largest absolute Gasteiger partial charge is 0.386 e. The normalized spacial score (nSPS) is 18.7. The molecule has 1 fully saturated rings. The van der Waals surface area contributed by atoms with E-state index in [0.29, 0.717) is 16.8 Å². The van der Waals surface area contributed by atoms with Crippen molar-refractivity contribution >= 4 is 28.9 Å². The predicted molar refractivity (Wildman–Crippen MR) is 123 cm³/mol. The van der Waals surface area contributed by atoms with E-state index in [4.69, 9.17) is 11.6 Å². The smallest absolute Gasteiger partial charge is 0.191 e. The fourth-order valence-corrected chi connectivity index (χ4v) is 4.61. The number of benzene rings is 1. The van der Waals surface area contributed by atoms with E-state index in [9.17, 15) is 5.11 Å². The Morgan fingerprint density at radius 3 is 2.83 bits per heavy atom. The lowest BCUT2D eigenvalue weighted by atomic mass is 10.1. The highest BCUT2D eigenvalue weighted by Crippen LogP contribution is 2.26. The lowest BCUT2D eigenvalue weighted by Gasteiger charge is -2.18. The Morgan fingerprint density at radius 2 is 2.10 bits per heavy atom. The summed E-state index contributed by atoms with van der Waals surface area (Å²) in [6, 6.07) is 14.4. The first-order valence-electron chi connectivity index (χ1n) is 10.4. The van der Waals surface area contributed by atoms with Crippen LogP contribution in [0.2, 0.25) is 4.34 Å². The second-order valence-electron chi connectivity index (χ2n) is 7.45. The molecule has 158 valence electrons. The average molecular weight is 435 g/mol. The molecular weight excluding hydrogens is 404 g/mol. The number of nitrogens with one attached hydrogen (secondary N) is 2. The fourth-order valence-electron chi connectivity index (χ4n) is 3.57. The summed E-state index contributed by atoms with van der Waals surface area (Å²) < 4.78 is 0.686. The third-order valence-electron chi connectivity index (χ3n) is 5.18. The van der Waals surface area contributed by atoms with Crippen molar-refractivity contribution in [2.24, 2.45) is 10.9 Å². The van der Waals surface area contributed by atoms with Crippen molar-refractivity contribution in [1.82, 2.24) is 15.5 Å². The minimum absolute atomic E-state index is 0.319. The second-order valence-corrected chi connectivity index (χ2v) is 9.20. The number of aliphatic hydroxyl groups excluding tert-OH is 1. The van der Waals surface area contributed by atoms with Crippen LogP contribution in [0.15, 0.2) is 47.5 Å². The molecule has 2 heterocycles. The average Bonchev–Trinajstić information content (AvgIpc) is 3.38. The Hall–Kier alpha value is -1.60. The maximum Gasteiger partial charge on any atom is 0.191 e. The molecule has 1 aromatic carbocycles. The van der Waals surface area contributed by atoms with E-state index < -0.39 is 6.10 Å². The van der Waals surface area contributed by atoms with E-state index in [1.54, 1.807) is 0 Å². The Kier molecular flexibility index (Phi) is 8.80. The van der Waals surface area contributed by atoms with E-state index in [0.717, 1.165) is 50.0 Å². The van der Waals surface area contributed by atoms with Crippen molar-refractivity contribution in [2.75, 3.05) is 39.3 Å². The van der Waals surface area contributed by atoms with Gasteiger partial charge in [-0.15, -0.1) is 11.3 Å². The molecule has 7 heteroatoms. The minimum atomic E-state index is -0.622. The molecule has 1 aliphatic heterocycles. The number of thiophene rings is 1. The Morgan fingerprint density at radius 1 is 1.28 bits per heavy atom. The van der Waals surface area contributed by atoms with E-state index in [2.05, 4.69) is 50.9 Å². The van der Waals surface area contributed by atoms with Crippen LogP contribution in [-0.4, -0.2) is 55.2 Å². The van der Waals surface area contributed by atoms with Crippen LogP contribution in [0.1, 0.15) is 29.9 Å². The zero-order chi connectivity index (χ0) is 20.5. The lowest BCUT2D eigenvalue weighted by molar-refractivity contribution is 0.191. The standard InChI is InChI=1S/C22H31ClN4OS/c1-2-24-22(26-15-19(28)20-8-9-21(23)29-20)25-14-18-11-13-27(16-18)12-10-17-6-4-3-5-7-17/h3-9,18-19,28H,2,10-16H2,1H3,(H2,24,25,26). The molecule has 1 aromatic heterocycles. The molecule has 0 amide bonds. The van der Waals surface area contributed by atoms with Gasteiger partial charge in [0.2, 0.25) is 0 Å². The van der Waals surface area contributed by atoms with Crippen molar-refractivity contribution in [3.05, 3.63) is 57.2 Å². The number of halogens is 1. The highest BCUT2D eigenvalue weighted by atomic mass is 35.5. The third kappa shape index (κ3) is 7.30. The zero-order valence-corrected chi connectivity index (χ0v) is 18.6. The highest BCUT2D eigenvalue weighted by Gasteiger charge is 2.22. The molecule has 1 aliphatic rings. The van der Waals surface area contributed by atoms with Gasteiger partial charge >= 0.3 is 0 Å². The number of nitrogens with zero attached hydrogens (tertiary/aromatic N) is 2. The monoisotopic (exact) mass is 434 g/mol. The quantitative estimate of drug-likeness (QED) is 0.417. The van der Waals surface area contributed by atoms with Gasteiger partial charge in [0, 0.05) is 31.1 Å². The number of hydrogen-bond acceptors (Lipinski definition) is 4. The van der Waals surface area contributed by atoms with Crippen molar-refractivity contribution in [3.63, 3.8) is 0 Å². The number of aliphatic imine (C=N–C) groups is 1.